The highest BCUT2D eigenvalue weighted by Gasteiger charge is 2.33. The van der Waals surface area contributed by atoms with Gasteiger partial charge in [0.2, 0.25) is 5.75 Å². The summed E-state index contributed by atoms with van der Waals surface area (Å²) in [7, 11) is 4.40. The molecule has 6 heteroatoms. The summed E-state index contributed by atoms with van der Waals surface area (Å²) in [5.41, 5.74) is 1.10. The van der Waals surface area contributed by atoms with Crippen molar-refractivity contribution in [1.82, 2.24) is 0 Å². The molecule has 0 unspecified atom stereocenters. The summed E-state index contributed by atoms with van der Waals surface area (Å²) in [6, 6.07) is 8.85. The summed E-state index contributed by atoms with van der Waals surface area (Å²) in [6.45, 7) is 0. The molecule has 0 bridgehead atoms. The molecule has 0 aromatic heterocycles. The summed E-state index contributed by atoms with van der Waals surface area (Å²) in [4.78, 5) is 12.6. The smallest absolute Gasteiger partial charge is 0.201 e. The number of ether oxygens (including phenoxy) is 4. The molecule has 126 valence electrons. The largest absolute Gasteiger partial charge is 0.502 e. The summed E-state index contributed by atoms with van der Waals surface area (Å²) in [5, 5.41) is 10.1. The topological polar surface area (TPSA) is 74.2 Å². The molecule has 1 aliphatic heterocycles. The van der Waals surface area contributed by atoms with Gasteiger partial charge in [-0.1, -0.05) is 12.1 Å². The normalized spacial score (nSPS) is 16.1. The number of fused-ring (bicyclic) bond motifs is 1. The fourth-order valence-corrected chi connectivity index (χ4v) is 2.78. The maximum atomic E-state index is 12.6. The van der Waals surface area contributed by atoms with Gasteiger partial charge in [0.15, 0.2) is 17.3 Å². The van der Waals surface area contributed by atoms with Crippen molar-refractivity contribution < 1.29 is 28.8 Å². The highest BCUT2D eigenvalue weighted by Crippen LogP contribution is 2.48. The van der Waals surface area contributed by atoms with Crippen LogP contribution in [0.5, 0.6) is 28.7 Å². The van der Waals surface area contributed by atoms with Gasteiger partial charge < -0.3 is 24.1 Å². The van der Waals surface area contributed by atoms with Crippen LogP contribution in [0.3, 0.4) is 0 Å². The monoisotopic (exact) mass is 330 g/mol. The van der Waals surface area contributed by atoms with Crippen LogP contribution in [0.2, 0.25) is 0 Å². The Morgan fingerprint density at radius 3 is 2.38 bits per heavy atom. The number of benzene rings is 2. The van der Waals surface area contributed by atoms with Crippen LogP contribution in [-0.4, -0.2) is 32.2 Å². The summed E-state index contributed by atoms with van der Waals surface area (Å²) < 4.78 is 21.4. The van der Waals surface area contributed by atoms with Gasteiger partial charge in [-0.25, -0.2) is 0 Å². The van der Waals surface area contributed by atoms with E-state index in [2.05, 4.69) is 0 Å². The number of Topliss-reactive ketones (excluding diaryl/α,β-unsaturated/α-hetero) is 1. The number of ketones is 1. The zero-order valence-corrected chi connectivity index (χ0v) is 13.7. The molecule has 1 aliphatic rings. The molecule has 0 saturated heterocycles. The zero-order valence-electron chi connectivity index (χ0n) is 13.7. The van der Waals surface area contributed by atoms with Gasteiger partial charge in [0.05, 0.1) is 27.8 Å². The van der Waals surface area contributed by atoms with Crippen molar-refractivity contribution in [3.8, 4) is 28.7 Å². The van der Waals surface area contributed by atoms with Crippen LogP contribution in [-0.2, 0) is 0 Å². The first-order chi connectivity index (χ1) is 11.6. The van der Waals surface area contributed by atoms with E-state index in [9.17, 15) is 9.90 Å². The Hall–Kier alpha value is -2.89. The molecule has 2 aromatic rings. The second-order valence-electron chi connectivity index (χ2n) is 5.34. The molecular weight excluding hydrogens is 312 g/mol. The van der Waals surface area contributed by atoms with Crippen molar-refractivity contribution in [1.29, 1.82) is 0 Å². The lowest BCUT2D eigenvalue weighted by Gasteiger charge is -2.27. The molecule has 24 heavy (non-hydrogen) atoms. The van der Waals surface area contributed by atoms with E-state index in [1.54, 1.807) is 7.11 Å². The number of carbonyl (C=O) groups is 1. The SMILES string of the molecule is COc1ccc([C@@H]2CC(=O)c3c(cc(OC)c(O)c3OC)O2)cc1. The summed E-state index contributed by atoms with van der Waals surface area (Å²) >= 11 is 0. The molecule has 1 heterocycles. The first-order valence-corrected chi connectivity index (χ1v) is 7.40. The van der Waals surface area contributed by atoms with Crippen LogP contribution in [0.15, 0.2) is 30.3 Å². The third-order valence-corrected chi connectivity index (χ3v) is 4.01. The maximum absolute atomic E-state index is 12.6. The number of hydrogen-bond acceptors (Lipinski definition) is 6. The molecule has 1 N–H and O–H groups in total. The Labute approximate surface area is 139 Å². The van der Waals surface area contributed by atoms with Gasteiger partial charge in [-0.2, -0.15) is 0 Å². The van der Waals surface area contributed by atoms with Gasteiger partial charge in [-0.15, -0.1) is 0 Å². The van der Waals surface area contributed by atoms with Gasteiger partial charge >= 0.3 is 0 Å². The Morgan fingerprint density at radius 2 is 1.79 bits per heavy atom. The summed E-state index contributed by atoms with van der Waals surface area (Å²) in [6.07, 6.45) is -0.267. The average Bonchev–Trinajstić information content (AvgIpc) is 2.61. The van der Waals surface area contributed by atoms with E-state index in [-0.39, 0.29) is 35.0 Å². The lowest BCUT2D eigenvalue weighted by atomic mass is 9.95. The fraction of sp³-hybridized carbons (Fsp3) is 0.278. The molecule has 0 saturated carbocycles. The number of rotatable bonds is 4. The van der Waals surface area contributed by atoms with E-state index < -0.39 is 6.10 Å². The van der Waals surface area contributed by atoms with E-state index in [4.69, 9.17) is 18.9 Å². The first-order valence-electron chi connectivity index (χ1n) is 7.40. The second-order valence-corrected chi connectivity index (χ2v) is 5.34. The van der Waals surface area contributed by atoms with Gasteiger partial charge in [0, 0.05) is 6.07 Å². The predicted octanol–water partition coefficient (Wildman–Crippen LogP) is 3.12. The highest BCUT2D eigenvalue weighted by atomic mass is 16.5. The third kappa shape index (κ3) is 2.60. The van der Waals surface area contributed by atoms with Crippen molar-refractivity contribution in [2.75, 3.05) is 21.3 Å². The minimum atomic E-state index is -0.421. The van der Waals surface area contributed by atoms with E-state index >= 15 is 0 Å². The number of hydrogen-bond donors (Lipinski definition) is 1. The standard InChI is InChI=1S/C18H18O6/c1-21-11-6-4-10(5-7-11)13-8-12(19)16-14(24-13)9-15(22-2)17(20)18(16)23-3/h4-7,9,13,20H,8H2,1-3H3/t13-/m0/s1. The lowest BCUT2D eigenvalue weighted by Crippen LogP contribution is -2.21. The number of aromatic hydroxyl groups is 1. The molecule has 0 aliphatic carbocycles. The van der Waals surface area contributed by atoms with Gasteiger partial charge in [-0.3, -0.25) is 4.79 Å². The maximum Gasteiger partial charge on any atom is 0.201 e. The molecular formula is C18H18O6. The number of phenolic OH excluding ortho intramolecular Hbond substituents is 1. The first kappa shape index (κ1) is 16.0. The van der Waals surface area contributed by atoms with Crippen molar-refractivity contribution in [2.24, 2.45) is 0 Å². The van der Waals surface area contributed by atoms with Crippen LogP contribution in [0.4, 0.5) is 0 Å². The fourth-order valence-electron chi connectivity index (χ4n) is 2.78. The second kappa shape index (κ2) is 6.31. The predicted molar refractivity (Wildman–Crippen MR) is 86.5 cm³/mol. The summed E-state index contributed by atoms with van der Waals surface area (Å²) in [5.74, 6) is 0.954. The van der Waals surface area contributed by atoms with Crippen molar-refractivity contribution in [3.05, 3.63) is 41.5 Å². The van der Waals surface area contributed by atoms with Crippen LogP contribution in [0.25, 0.3) is 0 Å². The Balaban J connectivity index is 2.01. The highest BCUT2D eigenvalue weighted by molar-refractivity contribution is 6.03. The van der Waals surface area contributed by atoms with Crippen molar-refractivity contribution in [3.63, 3.8) is 0 Å². The van der Waals surface area contributed by atoms with Gasteiger partial charge in [0.1, 0.15) is 23.2 Å². The molecule has 0 radical (unpaired) electrons. The van der Waals surface area contributed by atoms with Crippen LogP contribution in [0, 0.1) is 0 Å². The lowest BCUT2D eigenvalue weighted by molar-refractivity contribution is 0.0842. The third-order valence-electron chi connectivity index (χ3n) is 4.01. The van der Waals surface area contributed by atoms with E-state index in [0.29, 0.717) is 5.75 Å². The van der Waals surface area contributed by atoms with Crippen molar-refractivity contribution >= 4 is 5.78 Å². The van der Waals surface area contributed by atoms with E-state index in [0.717, 1.165) is 11.3 Å². The molecule has 0 amide bonds. The van der Waals surface area contributed by atoms with Gasteiger partial charge in [-0.05, 0) is 17.7 Å². The average molecular weight is 330 g/mol. The molecule has 0 fully saturated rings. The zero-order chi connectivity index (χ0) is 17.3. The molecule has 0 spiro atoms. The van der Waals surface area contributed by atoms with Gasteiger partial charge in [0.25, 0.3) is 0 Å². The van der Waals surface area contributed by atoms with Crippen LogP contribution >= 0.6 is 0 Å². The van der Waals surface area contributed by atoms with Crippen LogP contribution < -0.4 is 18.9 Å². The number of methoxy groups -OCH3 is 3. The molecule has 1 atom stereocenters. The number of phenols is 1. The Kier molecular flexibility index (Phi) is 4.20. The minimum Gasteiger partial charge on any atom is -0.502 e. The molecule has 2 aromatic carbocycles. The van der Waals surface area contributed by atoms with E-state index in [1.807, 2.05) is 24.3 Å². The molecule has 6 nitrogen and oxygen atoms in total. The Bertz CT molecular complexity index is 766. The minimum absolute atomic E-state index is 0.0718. The Morgan fingerprint density at radius 1 is 1.08 bits per heavy atom. The number of carbonyl (C=O) groups excluding carboxylic acids is 1. The van der Waals surface area contributed by atoms with Crippen molar-refractivity contribution in [2.45, 2.75) is 12.5 Å². The van der Waals surface area contributed by atoms with E-state index in [1.165, 1.54) is 20.3 Å². The quantitative estimate of drug-likeness (QED) is 0.928. The molecule has 3 rings (SSSR count). The van der Waals surface area contributed by atoms with Crippen LogP contribution in [0.1, 0.15) is 28.4 Å².